The second-order valence-corrected chi connectivity index (χ2v) is 6.74. The molecule has 1 amide bonds. The number of carbonyl (C=O) groups excluding carboxylic acids is 2. The van der Waals surface area contributed by atoms with E-state index in [1.807, 2.05) is 6.07 Å². The molecule has 0 aromatic heterocycles. The summed E-state index contributed by atoms with van der Waals surface area (Å²) in [6, 6.07) is 12.9. The Morgan fingerprint density at radius 2 is 1.42 bits per heavy atom. The first-order valence-electron chi connectivity index (χ1n) is 8.35. The molecule has 2 aromatic carbocycles. The van der Waals surface area contributed by atoms with Gasteiger partial charge in [0.2, 0.25) is 0 Å². The van der Waals surface area contributed by atoms with Crippen molar-refractivity contribution >= 4 is 17.4 Å². The Balaban J connectivity index is 2.26. The molecule has 2 rings (SSSR count). The zero-order valence-corrected chi connectivity index (χ0v) is 15.0. The molecule has 0 atom stereocenters. The molecule has 3 heteroatoms. The third kappa shape index (κ3) is 4.10. The predicted molar refractivity (Wildman–Crippen MR) is 99.0 cm³/mol. The summed E-state index contributed by atoms with van der Waals surface area (Å²) in [5.74, 6) is 0.600. The number of anilines is 1. The van der Waals surface area contributed by atoms with Gasteiger partial charge in [-0.15, -0.1) is 0 Å². The fourth-order valence-electron chi connectivity index (χ4n) is 2.58. The molecule has 3 nitrogen and oxygen atoms in total. The zero-order valence-electron chi connectivity index (χ0n) is 15.0. The number of benzene rings is 2. The van der Waals surface area contributed by atoms with Gasteiger partial charge in [0.25, 0.3) is 5.91 Å². The van der Waals surface area contributed by atoms with E-state index in [0.29, 0.717) is 23.0 Å². The molecule has 0 unspecified atom stereocenters. The Kier molecular flexibility index (Phi) is 5.55. The fraction of sp³-hybridized carbons (Fsp3) is 0.333. The minimum absolute atomic E-state index is 0.00618. The maximum Gasteiger partial charge on any atom is 0.255 e. The lowest BCUT2D eigenvalue weighted by molar-refractivity contribution is 0.100. The van der Waals surface area contributed by atoms with Crippen molar-refractivity contribution in [3.8, 4) is 0 Å². The van der Waals surface area contributed by atoms with Crippen molar-refractivity contribution in [3.63, 3.8) is 0 Å². The van der Waals surface area contributed by atoms with Gasteiger partial charge < -0.3 is 5.32 Å². The Morgan fingerprint density at radius 1 is 0.833 bits per heavy atom. The van der Waals surface area contributed by atoms with E-state index >= 15 is 0 Å². The molecule has 126 valence electrons. The minimum atomic E-state index is -0.163. The average molecular weight is 323 g/mol. The van der Waals surface area contributed by atoms with Crippen LogP contribution in [0.15, 0.2) is 42.5 Å². The predicted octanol–water partition coefficient (Wildman–Crippen LogP) is 5.39. The van der Waals surface area contributed by atoms with E-state index in [4.69, 9.17) is 0 Å². The largest absolute Gasteiger partial charge is 0.322 e. The second kappa shape index (κ2) is 7.43. The van der Waals surface area contributed by atoms with Crippen LogP contribution in [0.3, 0.4) is 0 Å². The quantitative estimate of drug-likeness (QED) is 0.750. The van der Waals surface area contributed by atoms with E-state index in [1.165, 1.54) is 12.5 Å². The lowest BCUT2D eigenvalue weighted by atomic mass is 9.94. The van der Waals surface area contributed by atoms with Gasteiger partial charge in [-0.1, -0.05) is 52.0 Å². The molecule has 0 aliphatic heterocycles. The van der Waals surface area contributed by atoms with Crippen LogP contribution in [0, 0.1) is 0 Å². The van der Waals surface area contributed by atoms with Gasteiger partial charge in [0.15, 0.2) is 5.78 Å². The second-order valence-electron chi connectivity index (χ2n) is 6.74. The zero-order chi connectivity index (χ0) is 17.9. The number of carbonyl (C=O) groups is 2. The Hall–Kier alpha value is -2.42. The molecule has 0 fully saturated rings. The summed E-state index contributed by atoms with van der Waals surface area (Å²) in [5.41, 5.74) is 4.39. The Morgan fingerprint density at radius 3 is 1.92 bits per heavy atom. The maximum absolute atomic E-state index is 12.5. The van der Waals surface area contributed by atoms with Crippen molar-refractivity contribution in [1.29, 1.82) is 0 Å². The van der Waals surface area contributed by atoms with Crippen molar-refractivity contribution in [1.82, 2.24) is 0 Å². The van der Waals surface area contributed by atoms with Crippen molar-refractivity contribution in [2.45, 2.75) is 46.5 Å². The van der Waals surface area contributed by atoms with E-state index in [2.05, 4.69) is 45.1 Å². The Bertz CT molecular complexity index is 743. The smallest absolute Gasteiger partial charge is 0.255 e. The third-order valence-corrected chi connectivity index (χ3v) is 4.17. The average Bonchev–Trinajstić information content (AvgIpc) is 2.54. The molecule has 2 aromatic rings. The highest BCUT2D eigenvalue weighted by Crippen LogP contribution is 2.28. The standard InChI is InChI=1S/C21H25NO2/c1-13(2)18-10-11-20(19(12-18)14(3)4)22-21(24)17-8-6-16(7-9-17)15(5)23/h6-14H,1-5H3,(H,22,24). The molecule has 0 saturated heterocycles. The fourth-order valence-corrected chi connectivity index (χ4v) is 2.58. The highest BCUT2D eigenvalue weighted by atomic mass is 16.1. The summed E-state index contributed by atoms with van der Waals surface area (Å²) in [4.78, 5) is 23.8. The molecule has 0 aliphatic carbocycles. The van der Waals surface area contributed by atoms with Crippen molar-refractivity contribution in [2.24, 2.45) is 0 Å². The molecular weight excluding hydrogens is 298 g/mol. The minimum Gasteiger partial charge on any atom is -0.322 e. The molecule has 1 N–H and O–H groups in total. The van der Waals surface area contributed by atoms with Crippen LogP contribution in [-0.4, -0.2) is 11.7 Å². The number of rotatable bonds is 5. The van der Waals surface area contributed by atoms with Crippen LogP contribution >= 0.6 is 0 Å². The van der Waals surface area contributed by atoms with E-state index in [9.17, 15) is 9.59 Å². The monoisotopic (exact) mass is 323 g/mol. The Labute approximate surface area is 144 Å². The summed E-state index contributed by atoms with van der Waals surface area (Å²) in [6.07, 6.45) is 0. The lowest BCUT2D eigenvalue weighted by Gasteiger charge is -2.17. The van der Waals surface area contributed by atoms with Gasteiger partial charge in [0.1, 0.15) is 0 Å². The van der Waals surface area contributed by atoms with Gasteiger partial charge in [0, 0.05) is 16.8 Å². The van der Waals surface area contributed by atoms with E-state index in [-0.39, 0.29) is 11.7 Å². The van der Waals surface area contributed by atoms with Gasteiger partial charge in [-0.05, 0) is 48.1 Å². The molecule has 0 aliphatic rings. The van der Waals surface area contributed by atoms with E-state index in [1.54, 1.807) is 24.3 Å². The van der Waals surface area contributed by atoms with Crippen LogP contribution in [-0.2, 0) is 0 Å². The van der Waals surface area contributed by atoms with Gasteiger partial charge in [-0.3, -0.25) is 9.59 Å². The van der Waals surface area contributed by atoms with Crippen LogP contribution in [0.4, 0.5) is 5.69 Å². The number of nitrogens with one attached hydrogen (secondary N) is 1. The SMILES string of the molecule is CC(=O)c1ccc(C(=O)Nc2ccc(C(C)C)cc2C(C)C)cc1. The molecule has 24 heavy (non-hydrogen) atoms. The first-order chi connectivity index (χ1) is 11.3. The molecule has 0 spiro atoms. The maximum atomic E-state index is 12.5. The number of ketones is 1. The van der Waals surface area contributed by atoms with Crippen molar-refractivity contribution in [3.05, 3.63) is 64.7 Å². The van der Waals surface area contributed by atoms with E-state index in [0.717, 1.165) is 11.3 Å². The lowest BCUT2D eigenvalue weighted by Crippen LogP contribution is -2.14. The van der Waals surface area contributed by atoms with Gasteiger partial charge >= 0.3 is 0 Å². The number of hydrogen-bond acceptors (Lipinski definition) is 2. The van der Waals surface area contributed by atoms with Crippen molar-refractivity contribution in [2.75, 3.05) is 5.32 Å². The van der Waals surface area contributed by atoms with Crippen LogP contribution in [0.2, 0.25) is 0 Å². The number of Topliss-reactive ketones (excluding diaryl/α,β-unsaturated/α-hetero) is 1. The number of amides is 1. The first kappa shape index (κ1) is 17.9. The normalized spacial score (nSPS) is 11.0. The molecular formula is C21H25NO2. The molecule has 0 bridgehead atoms. The first-order valence-corrected chi connectivity index (χ1v) is 8.35. The highest BCUT2D eigenvalue weighted by molar-refractivity contribution is 6.05. The van der Waals surface area contributed by atoms with Crippen LogP contribution in [0.25, 0.3) is 0 Å². The van der Waals surface area contributed by atoms with Crippen LogP contribution < -0.4 is 5.32 Å². The topological polar surface area (TPSA) is 46.2 Å². The summed E-state index contributed by atoms with van der Waals surface area (Å²) in [7, 11) is 0. The third-order valence-electron chi connectivity index (χ3n) is 4.17. The molecule has 0 saturated carbocycles. The molecule has 0 radical (unpaired) electrons. The van der Waals surface area contributed by atoms with Crippen LogP contribution in [0.5, 0.6) is 0 Å². The van der Waals surface area contributed by atoms with Gasteiger partial charge in [-0.25, -0.2) is 0 Å². The van der Waals surface area contributed by atoms with Crippen molar-refractivity contribution < 1.29 is 9.59 Å². The van der Waals surface area contributed by atoms with E-state index < -0.39 is 0 Å². The summed E-state index contributed by atoms with van der Waals surface area (Å²) >= 11 is 0. The van der Waals surface area contributed by atoms with Gasteiger partial charge in [0.05, 0.1) is 0 Å². The summed E-state index contributed by atoms with van der Waals surface area (Å²) < 4.78 is 0. The van der Waals surface area contributed by atoms with Crippen LogP contribution in [0.1, 0.15) is 78.3 Å². The van der Waals surface area contributed by atoms with Gasteiger partial charge in [-0.2, -0.15) is 0 Å². The summed E-state index contributed by atoms with van der Waals surface area (Å²) in [5, 5.41) is 3.00. The highest BCUT2D eigenvalue weighted by Gasteiger charge is 2.13. The number of hydrogen-bond donors (Lipinski definition) is 1. The molecule has 0 heterocycles. The summed E-state index contributed by atoms with van der Waals surface area (Å²) in [6.45, 7) is 10.1.